The van der Waals surface area contributed by atoms with Crippen molar-refractivity contribution in [3.8, 4) is 39.6 Å². The molecule has 7 heteroatoms. The highest BCUT2D eigenvalue weighted by atomic mass is 16.5. The van der Waals surface area contributed by atoms with Crippen LogP contribution in [0, 0.1) is 0 Å². The summed E-state index contributed by atoms with van der Waals surface area (Å²) in [6, 6.07) is 29.9. The molecule has 7 nitrogen and oxygen atoms in total. The number of para-hydroxylation sites is 1. The van der Waals surface area contributed by atoms with Crippen molar-refractivity contribution in [1.29, 1.82) is 0 Å². The number of rotatable bonds is 8. The van der Waals surface area contributed by atoms with E-state index >= 15 is 0 Å². The van der Waals surface area contributed by atoms with Crippen LogP contribution >= 0.6 is 0 Å². The summed E-state index contributed by atoms with van der Waals surface area (Å²) in [6.07, 6.45) is 6.75. The average Bonchev–Trinajstić information content (AvgIpc) is 3.33. The number of benzene rings is 3. The van der Waals surface area contributed by atoms with E-state index in [-0.39, 0.29) is 0 Å². The monoisotopic (exact) mass is 513 g/mol. The number of aromatic nitrogens is 4. The molecule has 3 aromatic carbocycles. The average molecular weight is 514 g/mol. The first kappa shape index (κ1) is 24.2. The van der Waals surface area contributed by atoms with E-state index in [0.29, 0.717) is 5.82 Å². The third kappa shape index (κ3) is 4.90. The molecule has 192 valence electrons. The lowest BCUT2D eigenvalue weighted by molar-refractivity contribution is 0.415. The van der Waals surface area contributed by atoms with Crippen molar-refractivity contribution in [3.63, 3.8) is 0 Å². The summed E-state index contributed by atoms with van der Waals surface area (Å²) in [5, 5.41) is 4.66. The van der Waals surface area contributed by atoms with E-state index in [1.54, 1.807) is 13.3 Å². The fourth-order valence-corrected chi connectivity index (χ4v) is 4.91. The first-order valence-corrected chi connectivity index (χ1v) is 12.7. The van der Waals surface area contributed by atoms with Crippen LogP contribution in [-0.2, 0) is 12.8 Å². The van der Waals surface area contributed by atoms with Gasteiger partial charge in [0.25, 0.3) is 0 Å². The van der Waals surface area contributed by atoms with Gasteiger partial charge in [0.1, 0.15) is 29.1 Å². The van der Waals surface area contributed by atoms with Crippen LogP contribution in [0.4, 0.5) is 5.82 Å². The predicted molar refractivity (Wildman–Crippen MR) is 153 cm³/mol. The van der Waals surface area contributed by atoms with Crippen LogP contribution in [0.1, 0.15) is 11.1 Å². The molecule has 0 unspecified atom stereocenters. The van der Waals surface area contributed by atoms with E-state index in [1.165, 1.54) is 6.33 Å². The number of methoxy groups -OCH3 is 1. The molecule has 2 N–H and O–H groups in total. The van der Waals surface area contributed by atoms with E-state index in [9.17, 15) is 0 Å². The molecule has 0 aliphatic rings. The smallest absolute Gasteiger partial charge is 0.152 e. The van der Waals surface area contributed by atoms with Crippen LogP contribution in [0.3, 0.4) is 0 Å². The number of fused-ring (bicyclic) bond motifs is 1. The summed E-state index contributed by atoms with van der Waals surface area (Å²) in [5.41, 5.74) is 13.5. The molecule has 0 atom stereocenters. The second kappa shape index (κ2) is 10.7. The lowest BCUT2D eigenvalue weighted by Crippen LogP contribution is -2.01. The van der Waals surface area contributed by atoms with Gasteiger partial charge in [-0.3, -0.25) is 4.98 Å². The number of pyridine rings is 1. The Morgan fingerprint density at radius 3 is 2.36 bits per heavy atom. The fourth-order valence-electron chi connectivity index (χ4n) is 4.91. The topological polar surface area (TPSA) is 87.6 Å². The molecule has 0 spiro atoms. The molecule has 3 aromatic heterocycles. The predicted octanol–water partition coefficient (Wildman–Crippen LogP) is 6.63. The highest BCUT2D eigenvalue weighted by molar-refractivity contribution is 5.95. The number of anilines is 1. The summed E-state index contributed by atoms with van der Waals surface area (Å²) in [4.78, 5) is 8.66. The highest BCUT2D eigenvalue weighted by Crippen LogP contribution is 2.41. The number of hydrogen-bond donors (Lipinski definition) is 1. The van der Waals surface area contributed by atoms with Crippen molar-refractivity contribution in [3.05, 3.63) is 121 Å². The standard InChI is InChI=1S/C32H27N5O2/c1-38-27-11-5-8-24(19-27)30-28(17-12-22-7-6-18-34-20-22)29(31-32(33)35-21-36-37(30)31)23-13-15-26(16-14-23)39-25-9-3-2-4-10-25/h2-11,13-16,18-21H,12,17H2,1H3,(H2,33,35,36). The van der Waals surface area contributed by atoms with Crippen LogP contribution in [-0.4, -0.2) is 26.7 Å². The van der Waals surface area contributed by atoms with Crippen molar-refractivity contribution < 1.29 is 9.47 Å². The molecule has 3 heterocycles. The number of nitrogens with two attached hydrogens (primary N) is 1. The normalized spacial score (nSPS) is 11.0. The van der Waals surface area contributed by atoms with Crippen molar-refractivity contribution in [2.75, 3.05) is 12.8 Å². The van der Waals surface area contributed by atoms with Crippen molar-refractivity contribution in [2.45, 2.75) is 12.8 Å². The Morgan fingerprint density at radius 1 is 0.795 bits per heavy atom. The molecule has 0 saturated carbocycles. The maximum atomic E-state index is 6.52. The molecule has 6 rings (SSSR count). The van der Waals surface area contributed by atoms with Crippen LogP contribution < -0.4 is 15.2 Å². The van der Waals surface area contributed by atoms with Gasteiger partial charge in [-0.1, -0.05) is 48.5 Å². The Balaban J connectivity index is 1.52. The number of hydrogen-bond acceptors (Lipinski definition) is 6. The molecule has 0 radical (unpaired) electrons. The van der Waals surface area contributed by atoms with Gasteiger partial charge in [-0.05, 0) is 72.0 Å². The molecule has 39 heavy (non-hydrogen) atoms. The minimum atomic E-state index is 0.418. The number of nitrogens with zero attached hydrogens (tertiary/aromatic N) is 4. The van der Waals surface area contributed by atoms with Crippen LogP contribution in [0.5, 0.6) is 17.2 Å². The summed E-state index contributed by atoms with van der Waals surface area (Å²) in [6.45, 7) is 0. The zero-order valence-corrected chi connectivity index (χ0v) is 21.5. The van der Waals surface area contributed by atoms with Crippen LogP contribution in [0.15, 0.2) is 110 Å². The van der Waals surface area contributed by atoms with Gasteiger partial charge in [-0.15, -0.1) is 0 Å². The maximum absolute atomic E-state index is 6.52. The Labute approximate surface area is 226 Å². The lowest BCUT2D eigenvalue weighted by atomic mass is 9.94. The summed E-state index contributed by atoms with van der Waals surface area (Å²) >= 11 is 0. The van der Waals surface area contributed by atoms with Gasteiger partial charge >= 0.3 is 0 Å². The van der Waals surface area contributed by atoms with Gasteiger partial charge in [0.15, 0.2) is 5.82 Å². The zero-order chi connectivity index (χ0) is 26.6. The lowest BCUT2D eigenvalue weighted by Gasteiger charge is -2.11. The number of aryl methyl sites for hydroxylation is 1. The van der Waals surface area contributed by atoms with Crippen LogP contribution in [0.2, 0.25) is 0 Å². The molecule has 0 amide bonds. The molecule has 6 aromatic rings. The van der Waals surface area contributed by atoms with E-state index in [2.05, 4.69) is 39.3 Å². The zero-order valence-electron chi connectivity index (χ0n) is 21.5. The summed E-state index contributed by atoms with van der Waals surface area (Å²) in [5.74, 6) is 2.73. The first-order valence-electron chi connectivity index (χ1n) is 12.7. The molecule has 0 bridgehead atoms. The second-order valence-electron chi connectivity index (χ2n) is 9.14. The van der Waals surface area contributed by atoms with Gasteiger partial charge < -0.3 is 15.2 Å². The van der Waals surface area contributed by atoms with Crippen molar-refractivity contribution >= 4 is 11.3 Å². The minimum absolute atomic E-state index is 0.418. The number of nitrogen functional groups attached to an aromatic ring is 1. The minimum Gasteiger partial charge on any atom is -0.497 e. The molecule has 0 fully saturated rings. The summed E-state index contributed by atoms with van der Waals surface area (Å²) < 4.78 is 13.5. The Kier molecular flexibility index (Phi) is 6.62. The quantitative estimate of drug-likeness (QED) is 0.246. The Hall–Kier alpha value is -5.17. The Morgan fingerprint density at radius 2 is 1.59 bits per heavy atom. The van der Waals surface area contributed by atoms with E-state index in [1.807, 2.05) is 77.4 Å². The van der Waals surface area contributed by atoms with Gasteiger partial charge in [-0.2, -0.15) is 5.10 Å². The first-order chi connectivity index (χ1) is 19.2. The SMILES string of the molecule is COc1cccc(-c2c(CCc3cccnc3)c(-c3ccc(Oc4ccccc4)cc3)c3c(N)ncnn23)c1. The van der Waals surface area contributed by atoms with Gasteiger partial charge in [-0.25, -0.2) is 9.50 Å². The third-order valence-electron chi connectivity index (χ3n) is 6.71. The molecular weight excluding hydrogens is 486 g/mol. The second-order valence-corrected chi connectivity index (χ2v) is 9.14. The van der Waals surface area contributed by atoms with Gasteiger partial charge in [0, 0.05) is 23.5 Å². The van der Waals surface area contributed by atoms with Gasteiger partial charge in [0.2, 0.25) is 0 Å². The Bertz CT molecular complexity index is 1720. The molecule has 0 saturated heterocycles. The molecule has 0 aliphatic carbocycles. The van der Waals surface area contributed by atoms with Crippen molar-refractivity contribution in [1.82, 2.24) is 19.6 Å². The van der Waals surface area contributed by atoms with Crippen LogP contribution in [0.25, 0.3) is 27.9 Å². The molecule has 0 aliphatic heterocycles. The van der Waals surface area contributed by atoms with Gasteiger partial charge in [0.05, 0.1) is 12.8 Å². The number of ether oxygens (including phenoxy) is 2. The fraction of sp³-hybridized carbons (Fsp3) is 0.0938. The highest BCUT2D eigenvalue weighted by Gasteiger charge is 2.24. The third-order valence-corrected chi connectivity index (χ3v) is 6.71. The van der Waals surface area contributed by atoms with E-state index < -0.39 is 0 Å². The largest absolute Gasteiger partial charge is 0.497 e. The summed E-state index contributed by atoms with van der Waals surface area (Å²) in [7, 11) is 1.67. The van der Waals surface area contributed by atoms with E-state index in [0.717, 1.165) is 69.1 Å². The van der Waals surface area contributed by atoms with E-state index in [4.69, 9.17) is 15.2 Å². The maximum Gasteiger partial charge on any atom is 0.152 e. The molecular formula is C32H27N5O2. The van der Waals surface area contributed by atoms with Crippen molar-refractivity contribution in [2.24, 2.45) is 0 Å².